The van der Waals surface area contributed by atoms with Crippen LogP contribution >= 0.6 is 0 Å². The molecule has 0 atom stereocenters. The Morgan fingerprint density at radius 3 is 1.60 bits per heavy atom. The van der Waals surface area contributed by atoms with E-state index in [4.69, 9.17) is 0 Å². The molecule has 62 valence electrons. The third-order valence-electron chi connectivity index (χ3n) is 0.656. The van der Waals surface area contributed by atoms with Gasteiger partial charge in [-0.15, -0.1) is 0 Å². The molecule has 0 aromatic carbocycles. The topological polar surface area (TPSA) is 0 Å². The molecule has 0 saturated carbocycles. The zero-order valence-electron chi connectivity index (χ0n) is 5.01. The van der Waals surface area contributed by atoms with E-state index < -0.39 is 26.0 Å². The van der Waals surface area contributed by atoms with E-state index in [2.05, 4.69) is 0 Å². The Kier molecular flexibility index (Phi) is 3.10. The second-order valence-corrected chi connectivity index (χ2v) is 4.34. The molecule has 0 fully saturated rings. The molecular formula is C4H5F5Se. The van der Waals surface area contributed by atoms with Crippen molar-refractivity contribution >= 4 is 15.0 Å². The summed E-state index contributed by atoms with van der Waals surface area (Å²) in [4.78, 5) is -4.45. The first-order valence-corrected chi connectivity index (χ1v) is 4.46. The van der Waals surface area contributed by atoms with E-state index in [1.807, 2.05) is 0 Å². The summed E-state index contributed by atoms with van der Waals surface area (Å²) >= 11 is -1.66. The van der Waals surface area contributed by atoms with Gasteiger partial charge in [0.1, 0.15) is 0 Å². The van der Waals surface area contributed by atoms with Crippen LogP contribution in [0.1, 0.15) is 6.92 Å². The molecule has 10 heavy (non-hydrogen) atoms. The number of halogens is 5. The maximum absolute atomic E-state index is 11.8. The minimum atomic E-state index is -5.36. The molecule has 0 N–H and O–H groups in total. The molecule has 0 unspecified atom stereocenters. The van der Waals surface area contributed by atoms with Crippen molar-refractivity contribution in [1.82, 2.24) is 0 Å². The van der Waals surface area contributed by atoms with Crippen LogP contribution in [-0.4, -0.2) is 26.0 Å². The summed E-state index contributed by atoms with van der Waals surface area (Å²) in [6, 6.07) is 0. The van der Waals surface area contributed by atoms with Crippen LogP contribution in [0.15, 0.2) is 0 Å². The molecule has 6 heteroatoms. The molecule has 0 aromatic rings. The van der Waals surface area contributed by atoms with Gasteiger partial charge in [0.05, 0.1) is 0 Å². The predicted octanol–water partition coefficient (Wildman–Crippen LogP) is 2.28. The SMILES string of the molecule is CC[Se]C(F)(F)C(F)(F)F. The van der Waals surface area contributed by atoms with Gasteiger partial charge in [0.15, 0.2) is 0 Å². The fraction of sp³-hybridized carbons (Fsp3) is 1.00. The van der Waals surface area contributed by atoms with Gasteiger partial charge in [-0.3, -0.25) is 0 Å². The molecule has 0 spiro atoms. The first kappa shape index (κ1) is 10.2. The van der Waals surface area contributed by atoms with Crippen molar-refractivity contribution in [2.75, 3.05) is 0 Å². The average Bonchev–Trinajstić information content (AvgIpc) is 1.61. The minimum absolute atomic E-state index is 0.112. The fourth-order valence-corrected chi connectivity index (χ4v) is 1.37. The standard InChI is InChI=1S/C4H5F5Se/c1-2-10-4(8,9)3(5,6)7/h2H2,1H3. The molecule has 0 nitrogen and oxygen atoms in total. The zero-order chi connectivity index (χ0) is 8.41. The van der Waals surface area contributed by atoms with Crippen molar-refractivity contribution in [2.45, 2.75) is 23.2 Å². The van der Waals surface area contributed by atoms with Crippen molar-refractivity contribution in [3.63, 3.8) is 0 Å². The molecule has 0 bridgehead atoms. The van der Waals surface area contributed by atoms with Crippen molar-refractivity contribution in [1.29, 1.82) is 0 Å². The summed E-state index contributed by atoms with van der Waals surface area (Å²) in [6.45, 7) is 1.31. The molecule has 0 aliphatic heterocycles. The first-order valence-electron chi connectivity index (χ1n) is 2.39. The maximum atomic E-state index is 11.8. The fourth-order valence-electron chi connectivity index (χ4n) is 0.263. The van der Waals surface area contributed by atoms with Gasteiger partial charge in [-0.25, -0.2) is 0 Å². The number of hydrogen-bond donors (Lipinski definition) is 0. The third kappa shape index (κ3) is 2.42. The van der Waals surface area contributed by atoms with Gasteiger partial charge in [-0.1, -0.05) is 0 Å². The van der Waals surface area contributed by atoms with Crippen LogP contribution in [0.2, 0.25) is 5.32 Å². The van der Waals surface area contributed by atoms with E-state index in [0.29, 0.717) is 0 Å². The molecule has 0 heterocycles. The first-order chi connectivity index (χ1) is 4.31. The molecule has 0 amide bonds. The van der Waals surface area contributed by atoms with E-state index in [9.17, 15) is 22.0 Å². The van der Waals surface area contributed by atoms with Crippen LogP contribution in [-0.2, 0) is 0 Å². The Bertz CT molecular complexity index is 107. The number of alkyl halides is 5. The Labute approximate surface area is 60.9 Å². The van der Waals surface area contributed by atoms with Crippen molar-refractivity contribution in [3.05, 3.63) is 0 Å². The molecule has 0 aliphatic carbocycles. The second-order valence-electron chi connectivity index (χ2n) is 1.45. The Morgan fingerprint density at radius 2 is 1.50 bits per heavy atom. The van der Waals surface area contributed by atoms with Crippen molar-refractivity contribution in [3.8, 4) is 0 Å². The average molecular weight is 227 g/mol. The van der Waals surface area contributed by atoms with Crippen LogP contribution in [0.25, 0.3) is 0 Å². The monoisotopic (exact) mass is 228 g/mol. The van der Waals surface area contributed by atoms with Gasteiger partial charge in [0.2, 0.25) is 0 Å². The Balaban J connectivity index is 4.10. The van der Waals surface area contributed by atoms with Crippen LogP contribution in [0.5, 0.6) is 0 Å². The van der Waals surface area contributed by atoms with Crippen molar-refractivity contribution < 1.29 is 22.0 Å². The predicted molar refractivity (Wildman–Crippen MR) is 27.2 cm³/mol. The number of hydrogen-bond acceptors (Lipinski definition) is 0. The molecule has 0 aliphatic rings. The molecular weight excluding hydrogens is 222 g/mol. The Morgan fingerprint density at radius 1 is 1.10 bits per heavy atom. The van der Waals surface area contributed by atoms with Crippen LogP contribution in [0, 0.1) is 0 Å². The molecule has 0 radical (unpaired) electrons. The summed E-state index contributed by atoms with van der Waals surface area (Å²) in [5.41, 5.74) is 0. The van der Waals surface area contributed by atoms with Crippen LogP contribution in [0.3, 0.4) is 0 Å². The van der Waals surface area contributed by atoms with E-state index in [-0.39, 0.29) is 5.32 Å². The third-order valence-corrected chi connectivity index (χ3v) is 2.51. The quantitative estimate of drug-likeness (QED) is 0.501. The van der Waals surface area contributed by atoms with E-state index in [0.717, 1.165) is 0 Å². The second kappa shape index (κ2) is 3.05. The normalized spacial score (nSPS) is 13.8. The van der Waals surface area contributed by atoms with Gasteiger partial charge in [0.25, 0.3) is 0 Å². The Hall–Kier alpha value is 0.169. The summed E-state index contributed by atoms with van der Waals surface area (Å²) < 4.78 is 57.5. The van der Waals surface area contributed by atoms with Gasteiger partial charge < -0.3 is 0 Å². The van der Waals surface area contributed by atoms with E-state index in [1.54, 1.807) is 0 Å². The van der Waals surface area contributed by atoms with Gasteiger partial charge in [-0.05, 0) is 0 Å². The van der Waals surface area contributed by atoms with Crippen LogP contribution in [0.4, 0.5) is 22.0 Å². The summed E-state index contributed by atoms with van der Waals surface area (Å²) in [6.07, 6.45) is -5.36. The molecule has 0 saturated heterocycles. The van der Waals surface area contributed by atoms with Crippen molar-refractivity contribution in [2.24, 2.45) is 0 Å². The van der Waals surface area contributed by atoms with Gasteiger partial charge >= 0.3 is 60.1 Å². The molecule has 0 aromatic heterocycles. The summed E-state index contributed by atoms with van der Waals surface area (Å²) in [7, 11) is 0. The number of rotatable bonds is 2. The van der Waals surface area contributed by atoms with E-state index in [1.165, 1.54) is 6.92 Å². The van der Waals surface area contributed by atoms with Gasteiger partial charge in [-0.2, -0.15) is 0 Å². The van der Waals surface area contributed by atoms with E-state index >= 15 is 0 Å². The zero-order valence-corrected chi connectivity index (χ0v) is 6.72. The van der Waals surface area contributed by atoms with Crippen LogP contribution < -0.4 is 0 Å². The molecule has 0 rings (SSSR count). The summed E-state index contributed by atoms with van der Waals surface area (Å²) in [5.74, 6) is 0. The van der Waals surface area contributed by atoms with Gasteiger partial charge in [0, 0.05) is 0 Å². The summed E-state index contributed by atoms with van der Waals surface area (Å²) in [5, 5.41) is -0.112.